The number of aromatic amines is 1. The van der Waals surface area contributed by atoms with Crippen molar-refractivity contribution in [3.63, 3.8) is 0 Å². The van der Waals surface area contributed by atoms with E-state index in [9.17, 15) is 14.7 Å². The molecule has 2 unspecified atom stereocenters. The maximum Gasteiger partial charge on any atom is 0.257 e. The molecule has 0 bridgehead atoms. The number of H-pyrrole nitrogens is 1. The monoisotopic (exact) mass is 527 g/mol. The van der Waals surface area contributed by atoms with Gasteiger partial charge in [0, 0.05) is 12.1 Å². The van der Waals surface area contributed by atoms with E-state index in [2.05, 4.69) is 27.4 Å². The van der Waals surface area contributed by atoms with Crippen LogP contribution in [0.1, 0.15) is 79.1 Å². The number of aliphatic hydroxyl groups excluding tert-OH is 1. The van der Waals surface area contributed by atoms with E-state index in [0.29, 0.717) is 41.5 Å². The van der Waals surface area contributed by atoms with Crippen LogP contribution in [0.5, 0.6) is 0 Å². The quantitative estimate of drug-likeness (QED) is 0.429. The van der Waals surface area contributed by atoms with Crippen LogP contribution < -0.4 is 5.32 Å². The van der Waals surface area contributed by atoms with Crippen molar-refractivity contribution in [2.75, 3.05) is 26.4 Å². The van der Waals surface area contributed by atoms with Crippen molar-refractivity contribution in [2.24, 2.45) is 11.8 Å². The van der Waals surface area contributed by atoms with Crippen LogP contribution in [-0.2, 0) is 16.0 Å². The standard InChI is InChI=1S/C27H34FN5O5/c1-3-19-18(13-38-32-19)27(36)31-24(16-6-4-15(2)5-7-16)26-29-20-9-8-17(23(28)25(20)30-26)21-14-37-11-10-33(21)22(35)12-34/h8-9,13,15-16,21,24,34H,3-7,10-12,14H2,1-2H3,(H,29,30)(H,31,36). The zero-order chi connectivity index (χ0) is 26.8. The minimum atomic E-state index is -0.663. The summed E-state index contributed by atoms with van der Waals surface area (Å²) in [5.74, 6) is -0.0914. The number of nitrogens with zero attached hydrogens (tertiary/aromatic N) is 3. The number of halogens is 1. The summed E-state index contributed by atoms with van der Waals surface area (Å²) in [6.07, 6.45) is 5.82. The van der Waals surface area contributed by atoms with Crippen molar-refractivity contribution in [3.8, 4) is 0 Å². The van der Waals surface area contributed by atoms with Crippen molar-refractivity contribution >= 4 is 22.8 Å². The number of ether oxygens (including phenoxy) is 1. The van der Waals surface area contributed by atoms with Gasteiger partial charge < -0.3 is 29.6 Å². The number of rotatable bonds is 7. The molecule has 0 radical (unpaired) electrons. The lowest BCUT2D eigenvalue weighted by atomic mass is 9.79. The Morgan fingerprint density at radius 1 is 1.29 bits per heavy atom. The Morgan fingerprint density at radius 3 is 2.82 bits per heavy atom. The lowest BCUT2D eigenvalue weighted by Crippen LogP contribution is -2.44. The van der Waals surface area contributed by atoms with Gasteiger partial charge >= 0.3 is 0 Å². The van der Waals surface area contributed by atoms with E-state index >= 15 is 4.39 Å². The number of aryl methyl sites for hydroxylation is 1. The number of aliphatic hydroxyl groups is 1. The molecule has 1 aromatic carbocycles. The summed E-state index contributed by atoms with van der Waals surface area (Å²) in [4.78, 5) is 34.9. The molecule has 3 aromatic rings. The fourth-order valence-corrected chi connectivity index (χ4v) is 5.68. The van der Waals surface area contributed by atoms with Gasteiger partial charge in [0.25, 0.3) is 5.91 Å². The second-order valence-corrected chi connectivity index (χ2v) is 10.3. The molecule has 2 atom stereocenters. The summed E-state index contributed by atoms with van der Waals surface area (Å²) in [5.41, 5.74) is 1.89. The number of morpholine rings is 1. The number of imidazole rings is 1. The van der Waals surface area contributed by atoms with Gasteiger partial charge in [-0.15, -0.1) is 0 Å². The first-order valence-electron chi connectivity index (χ1n) is 13.3. The van der Waals surface area contributed by atoms with Crippen LogP contribution in [0.2, 0.25) is 0 Å². The number of amides is 2. The minimum Gasteiger partial charge on any atom is -0.387 e. The normalized spacial score (nSPS) is 22.9. The first kappa shape index (κ1) is 26.3. The summed E-state index contributed by atoms with van der Waals surface area (Å²) in [7, 11) is 0. The van der Waals surface area contributed by atoms with Gasteiger partial charge in [0.2, 0.25) is 5.91 Å². The molecule has 2 fully saturated rings. The van der Waals surface area contributed by atoms with Gasteiger partial charge in [-0.2, -0.15) is 0 Å². The lowest BCUT2D eigenvalue weighted by molar-refractivity contribution is -0.143. The van der Waals surface area contributed by atoms with Gasteiger partial charge in [-0.05, 0) is 37.2 Å². The van der Waals surface area contributed by atoms with Crippen LogP contribution in [0.4, 0.5) is 4.39 Å². The predicted octanol–water partition coefficient (Wildman–Crippen LogP) is 3.44. The fourth-order valence-electron chi connectivity index (χ4n) is 5.68. The highest BCUT2D eigenvalue weighted by atomic mass is 19.1. The molecule has 1 saturated carbocycles. The second-order valence-electron chi connectivity index (χ2n) is 10.3. The van der Waals surface area contributed by atoms with Crippen molar-refractivity contribution in [1.29, 1.82) is 0 Å². The van der Waals surface area contributed by atoms with Gasteiger partial charge in [-0.3, -0.25) is 9.59 Å². The molecule has 38 heavy (non-hydrogen) atoms. The van der Waals surface area contributed by atoms with Gasteiger partial charge in [0.05, 0.1) is 36.5 Å². The maximum atomic E-state index is 15.9. The molecule has 1 saturated heterocycles. The van der Waals surface area contributed by atoms with Gasteiger partial charge in [0.15, 0.2) is 5.82 Å². The third-order valence-electron chi connectivity index (χ3n) is 7.92. The van der Waals surface area contributed by atoms with Gasteiger partial charge in [0.1, 0.15) is 29.8 Å². The van der Waals surface area contributed by atoms with E-state index in [1.165, 1.54) is 11.2 Å². The van der Waals surface area contributed by atoms with Crippen molar-refractivity contribution in [2.45, 2.75) is 58.0 Å². The number of nitrogens with one attached hydrogen (secondary N) is 2. The van der Waals surface area contributed by atoms with Crippen LogP contribution in [0, 0.1) is 17.7 Å². The first-order valence-corrected chi connectivity index (χ1v) is 13.3. The number of carbonyl (C=O) groups is 2. The summed E-state index contributed by atoms with van der Waals surface area (Å²) in [6, 6.07) is 2.24. The molecule has 3 N–H and O–H groups in total. The van der Waals surface area contributed by atoms with Crippen LogP contribution >= 0.6 is 0 Å². The van der Waals surface area contributed by atoms with Crippen LogP contribution in [-0.4, -0.2) is 63.3 Å². The van der Waals surface area contributed by atoms with Crippen LogP contribution in [0.3, 0.4) is 0 Å². The highest BCUT2D eigenvalue weighted by Crippen LogP contribution is 2.38. The molecule has 3 heterocycles. The predicted molar refractivity (Wildman–Crippen MR) is 136 cm³/mol. The zero-order valence-corrected chi connectivity index (χ0v) is 21.7. The molecule has 0 spiro atoms. The van der Waals surface area contributed by atoms with Crippen LogP contribution in [0.25, 0.3) is 11.0 Å². The molecule has 2 aromatic heterocycles. The highest BCUT2D eigenvalue weighted by molar-refractivity contribution is 5.95. The molecular formula is C27H34FN5O5. The van der Waals surface area contributed by atoms with Crippen molar-refractivity contribution in [1.82, 2.24) is 25.3 Å². The van der Waals surface area contributed by atoms with Crippen molar-refractivity contribution < 1.29 is 28.3 Å². The number of hydrogen-bond donors (Lipinski definition) is 3. The average Bonchev–Trinajstić information content (AvgIpc) is 3.60. The number of hydrogen-bond acceptors (Lipinski definition) is 7. The molecule has 1 aliphatic carbocycles. The molecule has 2 amide bonds. The van der Waals surface area contributed by atoms with E-state index in [0.717, 1.165) is 25.7 Å². The highest BCUT2D eigenvalue weighted by Gasteiger charge is 2.34. The van der Waals surface area contributed by atoms with E-state index in [1.807, 2.05) is 6.92 Å². The minimum absolute atomic E-state index is 0.128. The van der Waals surface area contributed by atoms with E-state index < -0.39 is 30.4 Å². The van der Waals surface area contributed by atoms with Crippen LogP contribution in [0.15, 0.2) is 22.9 Å². The summed E-state index contributed by atoms with van der Waals surface area (Å²) in [5, 5.41) is 16.4. The largest absolute Gasteiger partial charge is 0.387 e. The first-order chi connectivity index (χ1) is 18.4. The number of fused-ring (bicyclic) bond motifs is 1. The number of benzene rings is 1. The third kappa shape index (κ3) is 5.04. The zero-order valence-electron chi connectivity index (χ0n) is 21.7. The van der Waals surface area contributed by atoms with Crippen molar-refractivity contribution in [3.05, 3.63) is 46.9 Å². The Balaban J connectivity index is 1.49. The SMILES string of the molecule is CCc1nocc1C(=O)NC(c1nc2c(F)c(C3COCCN3C(=O)CO)ccc2[nH]1)C1CCC(C)CC1. The summed E-state index contributed by atoms with van der Waals surface area (Å²) in [6.45, 7) is 4.20. The molecule has 1 aliphatic heterocycles. The summed E-state index contributed by atoms with van der Waals surface area (Å²) < 4.78 is 26.5. The van der Waals surface area contributed by atoms with Gasteiger partial charge in [-0.1, -0.05) is 37.9 Å². The topological polar surface area (TPSA) is 134 Å². The molecule has 11 heteroatoms. The van der Waals surface area contributed by atoms with E-state index in [4.69, 9.17) is 9.26 Å². The number of aromatic nitrogens is 3. The molecule has 204 valence electrons. The Kier molecular flexibility index (Phi) is 7.75. The third-order valence-corrected chi connectivity index (χ3v) is 7.92. The Labute approximate surface area is 219 Å². The average molecular weight is 528 g/mol. The Bertz CT molecular complexity index is 1300. The number of carbonyl (C=O) groups excluding carboxylic acids is 2. The molecular weight excluding hydrogens is 493 g/mol. The molecule has 10 nitrogen and oxygen atoms in total. The molecule has 5 rings (SSSR count). The summed E-state index contributed by atoms with van der Waals surface area (Å²) >= 11 is 0. The van der Waals surface area contributed by atoms with E-state index in [-0.39, 0.29) is 36.1 Å². The fraction of sp³-hybridized carbons (Fsp3) is 0.556. The smallest absolute Gasteiger partial charge is 0.257 e. The van der Waals surface area contributed by atoms with E-state index in [1.54, 1.807) is 12.1 Å². The lowest BCUT2D eigenvalue weighted by Gasteiger charge is -2.35. The second kappa shape index (κ2) is 11.2. The van der Waals surface area contributed by atoms with Gasteiger partial charge in [-0.25, -0.2) is 9.37 Å². The Hall–Kier alpha value is -3.31. The molecule has 2 aliphatic rings. The maximum absolute atomic E-state index is 15.9. The Morgan fingerprint density at radius 2 is 2.08 bits per heavy atom.